The summed E-state index contributed by atoms with van der Waals surface area (Å²) in [6.07, 6.45) is -0.894. The number of nitrogens with one attached hydrogen (secondary N) is 1. The summed E-state index contributed by atoms with van der Waals surface area (Å²) in [6.45, 7) is 9.27. The van der Waals surface area contributed by atoms with Crippen molar-refractivity contribution in [3.8, 4) is 0 Å². The van der Waals surface area contributed by atoms with Gasteiger partial charge in [0, 0.05) is 12.0 Å². The molecule has 1 aromatic rings. The number of hydrogen-bond donors (Lipinski definition) is 1. The smallest absolute Gasteiger partial charge is 0.407 e. The molecule has 1 aliphatic rings. The van der Waals surface area contributed by atoms with E-state index in [2.05, 4.69) is 5.32 Å². The van der Waals surface area contributed by atoms with Crippen molar-refractivity contribution < 1.29 is 23.8 Å². The van der Waals surface area contributed by atoms with E-state index >= 15 is 0 Å². The molecule has 2 rings (SSSR count). The van der Waals surface area contributed by atoms with Gasteiger partial charge in [-0.2, -0.15) is 0 Å². The molecule has 6 nitrogen and oxygen atoms in total. The van der Waals surface area contributed by atoms with Gasteiger partial charge in [-0.15, -0.1) is 0 Å². The third-order valence-corrected chi connectivity index (χ3v) is 3.68. The van der Waals surface area contributed by atoms with E-state index in [0.29, 0.717) is 12.2 Å². The Bertz CT molecular complexity index is 606. The van der Waals surface area contributed by atoms with Crippen LogP contribution in [0.3, 0.4) is 0 Å². The highest BCUT2D eigenvalue weighted by atomic mass is 16.7. The van der Waals surface area contributed by atoms with Crippen LogP contribution in [0.5, 0.6) is 0 Å². The molecule has 0 spiro atoms. The van der Waals surface area contributed by atoms with E-state index in [0.717, 1.165) is 0 Å². The van der Waals surface area contributed by atoms with Crippen molar-refractivity contribution in [1.29, 1.82) is 0 Å². The molecule has 0 aromatic heterocycles. The van der Waals surface area contributed by atoms with Crippen LogP contribution < -0.4 is 5.32 Å². The lowest BCUT2D eigenvalue weighted by molar-refractivity contribution is -0.141. The maximum atomic E-state index is 12.6. The molecule has 0 radical (unpaired) electrons. The zero-order chi connectivity index (χ0) is 18.7. The maximum absolute atomic E-state index is 12.6. The van der Waals surface area contributed by atoms with Gasteiger partial charge in [0.05, 0.1) is 12.6 Å². The predicted molar refractivity (Wildman–Crippen MR) is 93.5 cm³/mol. The van der Waals surface area contributed by atoms with E-state index in [-0.39, 0.29) is 12.2 Å². The Morgan fingerprint density at radius 2 is 1.92 bits per heavy atom. The number of carbonyl (C=O) groups excluding carboxylic acids is 2. The van der Waals surface area contributed by atoms with Crippen molar-refractivity contribution in [2.75, 3.05) is 6.61 Å². The van der Waals surface area contributed by atoms with Gasteiger partial charge in [-0.25, -0.2) is 4.79 Å². The zero-order valence-electron chi connectivity index (χ0n) is 15.5. The summed E-state index contributed by atoms with van der Waals surface area (Å²) in [5.41, 5.74) is -0.0265. The molecule has 2 atom stereocenters. The molecule has 2 unspecified atom stereocenters. The summed E-state index contributed by atoms with van der Waals surface area (Å²) in [6, 6.07) is 8.43. The maximum Gasteiger partial charge on any atom is 0.407 e. The molecule has 1 fully saturated rings. The van der Waals surface area contributed by atoms with Gasteiger partial charge in [0.1, 0.15) is 11.7 Å². The second-order valence-electron chi connectivity index (χ2n) is 7.61. The first-order valence-corrected chi connectivity index (χ1v) is 8.45. The average Bonchev–Trinajstić information content (AvgIpc) is 2.85. The van der Waals surface area contributed by atoms with Crippen molar-refractivity contribution in [2.45, 2.75) is 64.6 Å². The van der Waals surface area contributed by atoms with Gasteiger partial charge in [-0.1, -0.05) is 30.3 Å². The lowest BCUT2D eigenvalue weighted by Crippen LogP contribution is -2.48. The molecule has 1 aliphatic heterocycles. The number of amides is 1. The monoisotopic (exact) mass is 349 g/mol. The van der Waals surface area contributed by atoms with Crippen molar-refractivity contribution in [2.24, 2.45) is 0 Å². The number of carbonyl (C=O) groups is 2. The van der Waals surface area contributed by atoms with E-state index in [1.54, 1.807) is 46.8 Å². The van der Waals surface area contributed by atoms with Crippen LogP contribution in [-0.4, -0.2) is 42.0 Å². The van der Waals surface area contributed by atoms with E-state index in [9.17, 15) is 9.59 Å². The predicted octanol–water partition coefficient (Wildman–Crippen LogP) is 3.30. The second kappa shape index (κ2) is 7.54. The Labute approximate surface area is 148 Å². The van der Waals surface area contributed by atoms with Crippen LogP contribution in [0, 0.1) is 0 Å². The second-order valence-corrected chi connectivity index (χ2v) is 7.61. The number of benzene rings is 1. The average molecular weight is 349 g/mol. The van der Waals surface area contributed by atoms with Gasteiger partial charge in [0.2, 0.25) is 0 Å². The summed E-state index contributed by atoms with van der Waals surface area (Å²) in [5, 5.41) is 2.77. The van der Waals surface area contributed by atoms with E-state index in [4.69, 9.17) is 14.2 Å². The van der Waals surface area contributed by atoms with Crippen molar-refractivity contribution >= 4 is 11.9 Å². The van der Waals surface area contributed by atoms with Crippen LogP contribution in [-0.2, 0) is 14.2 Å². The van der Waals surface area contributed by atoms with Crippen molar-refractivity contribution in [1.82, 2.24) is 5.32 Å². The molecule has 1 saturated heterocycles. The minimum atomic E-state index is -0.742. The number of alkyl carbamates (subject to hydrolysis) is 1. The van der Waals surface area contributed by atoms with Gasteiger partial charge >= 0.3 is 6.09 Å². The molecular formula is C19H27NO5. The quantitative estimate of drug-likeness (QED) is 0.826. The van der Waals surface area contributed by atoms with Gasteiger partial charge in [-0.05, 0) is 34.6 Å². The molecule has 0 aliphatic carbocycles. The highest BCUT2D eigenvalue weighted by molar-refractivity contribution is 5.96. The molecule has 0 saturated carbocycles. The third kappa shape index (κ3) is 6.14. The van der Waals surface area contributed by atoms with E-state index in [1.165, 1.54) is 0 Å². The van der Waals surface area contributed by atoms with Gasteiger partial charge in [0.25, 0.3) is 0 Å². The van der Waals surface area contributed by atoms with Gasteiger partial charge in [0.15, 0.2) is 11.6 Å². The zero-order valence-corrected chi connectivity index (χ0v) is 15.5. The SMILES string of the molecule is CC(C)(C)OC(=O)NC(CC(=O)c1ccccc1)C1COC(C)(C)O1. The molecule has 138 valence electrons. The molecule has 1 heterocycles. The highest BCUT2D eigenvalue weighted by Gasteiger charge is 2.39. The van der Waals surface area contributed by atoms with Crippen LogP contribution in [0.15, 0.2) is 30.3 Å². The Kier molecular flexibility index (Phi) is 5.85. The van der Waals surface area contributed by atoms with Crippen LogP contribution >= 0.6 is 0 Å². The molecular weight excluding hydrogens is 322 g/mol. The van der Waals surface area contributed by atoms with Crippen LogP contribution in [0.25, 0.3) is 0 Å². The molecule has 1 N–H and O–H groups in total. The Balaban J connectivity index is 2.09. The molecule has 0 bridgehead atoms. The summed E-state index contributed by atoms with van der Waals surface area (Å²) in [7, 11) is 0. The van der Waals surface area contributed by atoms with Crippen LogP contribution in [0.4, 0.5) is 4.79 Å². The van der Waals surface area contributed by atoms with Gasteiger partial charge in [-0.3, -0.25) is 4.79 Å². The Hall–Kier alpha value is -1.92. The van der Waals surface area contributed by atoms with E-state index in [1.807, 2.05) is 18.2 Å². The number of Topliss-reactive ketones (excluding diaryl/α,β-unsaturated/α-hetero) is 1. The molecule has 6 heteroatoms. The minimum Gasteiger partial charge on any atom is -0.444 e. The normalized spacial score (nSPS) is 20.8. The van der Waals surface area contributed by atoms with Crippen molar-refractivity contribution in [3.05, 3.63) is 35.9 Å². The van der Waals surface area contributed by atoms with Crippen molar-refractivity contribution in [3.63, 3.8) is 0 Å². The fourth-order valence-corrected chi connectivity index (χ4v) is 2.59. The lowest BCUT2D eigenvalue weighted by Gasteiger charge is -2.27. The highest BCUT2D eigenvalue weighted by Crippen LogP contribution is 2.26. The first-order chi connectivity index (χ1) is 11.6. The number of hydrogen-bond acceptors (Lipinski definition) is 5. The fourth-order valence-electron chi connectivity index (χ4n) is 2.59. The van der Waals surface area contributed by atoms with Crippen LogP contribution in [0.2, 0.25) is 0 Å². The third-order valence-electron chi connectivity index (χ3n) is 3.68. The Morgan fingerprint density at radius 3 is 2.44 bits per heavy atom. The lowest BCUT2D eigenvalue weighted by atomic mass is 10.0. The fraction of sp³-hybridized carbons (Fsp3) is 0.579. The van der Waals surface area contributed by atoms with E-state index < -0.39 is 29.6 Å². The summed E-state index contributed by atoms with van der Waals surface area (Å²) in [5.74, 6) is -0.816. The number of ether oxygens (including phenoxy) is 3. The first-order valence-electron chi connectivity index (χ1n) is 8.45. The summed E-state index contributed by atoms with van der Waals surface area (Å²) >= 11 is 0. The molecule has 1 aromatic carbocycles. The number of rotatable bonds is 5. The molecule has 25 heavy (non-hydrogen) atoms. The Morgan fingerprint density at radius 1 is 1.28 bits per heavy atom. The minimum absolute atomic E-state index is 0.0741. The van der Waals surface area contributed by atoms with Gasteiger partial charge < -0.3 is 19.5 Å². The van der Waals surface area contributed by atoms with Crippen LogP contribution in [0.1, 0.15) is 51.4 Å². The summed E-state index contributed by atoms with van der Waals surface area (Å²) < 4.78 is 16.7. The number of ketones is 1. The topological polar surface area (TPSA) is 73.9 Å². The molecule has 1 amide bonds. The standard InChI is InChI=1S/C19H27NO5/c1-18(2,3)25-17(22)20-14(16-12-23-19(4,5)24-16)11-15(21)13-9-7-6-8-10-13/h6-10,14,16H,11-12H2,1-5H3,(H,20,22). The largest absolute Gasteiger partial charge is 0.444 e. The summed E-state index contributed by atoms with van der Waals surface area (Å²) in [4.78, 5) is 24.7. The first kappa shape index (κ1) is 19.4.